The van der Waals surface area contributed by atoms with E-state index in [0.717, 1.165) is 6.07 Å². The smallest absolute Gasteiger partial charge is 0.255 e. The number of carbonyl (C=O) groups excluding carboxylic acids is 3. The fourth-order valence-electron chi connectivity index (χ4n) is 3.60. The van der Waals surface area contributed by atoms with Crippen LogP contribution in [0.2, 0.25) is 10.0 Å². The van der Waals surface area contributed by atoms with Crippen molar-refractivity contribution in [2.24, 2.45) is 5.92 Å². The Bertz CT molecular complexity index is 1100. The maximum Gasteiger partial charge on any atom is 0.255 e. The molecule has 2 aromatic rings. The molecule has 1 heterocycles. The molecule has 7 nitrogen and oxygen atoms in total. The van der Waals surface area contributed by atoms with E-state index in [4.69, 9.17) is 27.9 Å². The Morgan fingerprint density at radius 1 is 1.14 bits per heavy atom. The Morgan fingerprint density at radius 3 is 2.63 bits per heavy atom. The van der Waals surface area contributed by atoms with Crippen LogP contribution in [0.5, 0.6) is 5.75 Å². The first-order valence-corrected chi connectivity index (χ1v) is 12.2. The number of ether oxygens (including phenoxy) is 1. The minimum Gasteiger partial charge on any atom is -0.491 e. The summed E-state index contributed by atoms with van der Waals surface area (Å²) in [5.74, 6) is -1.36. The third-order valence-electron chi connectivity index (χ3n) is 5.68. The van der Waals surface area contributed by atoms with E-state index in [0.29, 0.717) is 35.7 Å². The van der Waals surface area contributed by atoms with Crippen molar-refractivity contribution in [2.45, 2.75) is 32.7 Å². The summed E-state index contributed by atoms with van der Waals surface area (Å²) in [6.45, 7) is 4.42. The lowest BCUT2D eigenvalue weighted by Crippen LogP contribution is -2.48. The van der Waals surface area contributed by atoms with E-state index in [1.54, 1.807) is 18.2 Å². The van der Waals surface area contributed by atoms with Gasteiger partial charge in [0.05, 0.1) is 23.2 Å². The Balaban J connectivity index is 1.83. The molecular formula is C25H28Cl2FN3O4. The maximum atomic E-state index is 13.6. The summed E-state index contributed by atoms with van der Waals surface area (Å²) >= 11 is 11.9. The molecule has 0 fully saturated rings. The Morgan fingerprint density at radius 2 is 1.91 bits per heavy atom. The average molecular weight is 524 g/mol. The van der Waals surface area contributed by atoms with Gasteiger partial charge in [0.25, 0.3) is 11.8 Å². The topological polar surface area (TPSA) is 87.7 Å². The van der Waals surface area contributed by atoms with Crippen LogP contribution in [0.4, 0.5) is 4.39 Å². The molecule has 0 radical (unpaired) electrons. The molecule has 2 aromatic carbocycles. The summed E-state index contributed by atoms with van der Waals surface area (Å²) in [7, 11) is 0. The summed E-state index contributed by atoms with van der Waals surface area (Å²) in [4.78, 5) is 40.2. The number of amides is 3. The van der Waals surface area contributed by atoms with E-state index in [2.05, 4.69) is 10.6 Å². The molecule has 1 atom stereocenters. The number of fused-ring (bicyclic) bond motifs is 1. The van der Waals surface area contributed by atoms with Gasteiger partial charge in [-0.3, -0.25) is 14.4 Å². The molecule has 0 aliphatic carbocycles. The van der Waals surface area contributed by atoms with Crippen molar-refractivity contribution in [3.63, 3.8) is 0 Å². The van der Waals surface area contributed by atoms with Gasteiger partial charge in [-0.1, -0.05) is 37.0 Å². The minimum atomic E-state index is -0.629. The van der Waals surface area contributed by atoms with Gasteiger partial charge in [0.15, 0.2) is 0 Å². The van der Waals surface area contributed by atoms with Crippen LogP contribution >= 0.6 is 23.2 Å². The van der Waals surface area contributed by atoms with Crippen LogP contribution in [0.3, 0.4) is 0 Å². The quantitative estimate of drug-likeness (QED) is 0.613. The van der Waals surface area contributed by atoms with Gasteiger partial charge in [0.2, 0.25) is 5.91 Å². The first-order valence-electron chi connectivity index (χ1n) is 11.4. The monoisotopic (exact) mass is 523 g/mol. The van der Waals surface area contributed by atoms with E-state index in [9.17, 15) is 18.8 Å². The Kier molecular flexibility index (Phi) is 9.34. The summed E-state index contributed by atoms with van der Waals surface area (Å²) in [5, 5.41) is 6.01. The van der Waals surface area contributed by atoms with Crippen LogP contribution in [0.25, 0.3) is 0 Å². The number of rotatable bonds is 2. The van der Waals surface area contributed by atoms with Crippen molar-refractivity contribution in [1.82, 2.24) is 15.5 Å². The van der Waals surface area contributed by atoms with Crippen molar-refractivity contribution < 1.29 is 23.5 Å². The molecule has 3 rings (SSSR count). The van der Waals surface area contributed by atoms with Crippen LogP contribution in [0, 0.1) is 11.7 Å². The van der Waals surface area contributed by atoms with E-state index in [1.807, 2.05) is 13.8 Å². The first kappa shape index (κ1) is 26.8. The van der Waals surface area contributed by atoms with Gasteiger partial charge in [-0.05, 0) is 55.2 Å². The molecule has 1 aliphatic heterocycles. The second-order valence-electron chi connectivity index (χ2n) is 8.69. The number of benzene rings is 2. The standard InChI is InChI=1S/C25H28Cl2FN3O4/c1-15(2)21-14-35-22-8-6-17(26)12-18(22)24(33)29-9-3-4-10-31(13-23(32)30-21)25(34)16-5-7-20(28)19(27)11-16/h5-8,11-12,15,21H,3-4,9-10,13-14H2,1-2H3,(H,29,33)(H,30,32)/t21-/m0/s1. The van der Waals surface area contributed by atoms with Gasteiger partial charge in [0.1, 0.15) is 18.2 Å². The number of nitrogens with one attached hydrogen (secondary N) is 2. The lowest BCUT2D eigenvalue weighted by molar-refractivity contribution is -0.123. The molecule has 0 spiro atoms. The highest BCUT2D eigenvalue weighted by Crippen LogP contribution is 2.24. The molecule has 0 unspecified atom stereocenters. The first-order chi connectivity index (χ1) is 16.7. The fraction of sp³-hybridized carbons (Fsp3) is 0.400. The molecule has 0 saturated carbocycles. The van der Waals surface area contributed by atoms with Gasteiger partial charge < -0.3 is 20.3 Å². The lowest BCUT2D eigenvalue weighted by Gasteiger charge is -2.26. The van der Waals surface area contributed by atoms with Gasteiger partial charge in [-0.15, -0.1) is 0 Å². The normalized spacial score (nSPS) is 18.0. The zero-order valence-corrected chi connectivity index (χ0v) is 21.1. The largest absolute Gasteiger partial charge is 0.491 e. The average Bonchev–Trinajstić information content (AvgIpc) is 2.82. The second kappa shape index (κ2) is 12.2. The number of carbonyl (C=O) groups is 3. The molecule has 3 amide bonds. The number of hydrogen-bond acceptors (Lipinski definition) is 4. The van der Waals surface area contributed by atoms with Crippen LogP contribution in [0.1, 0.15) is 47.4 Å². The van der Waals surface area contributed by atoms with Gasteiger partial charge in [0, 0.05) is 23.7 Å². The summed E-state index contributed by atoms with van der Waals surface area (Å²) in [5.41, 5.74) is 0.498. The van der Waals surface area contributed by atoms with Crippen molar-refractivity contribution in [3.8, 4) is 5.75 Å². The highest BCUT2D eigenvalue weighted by Gasteiger charge is 2.24. The molecule has 2 N–H and O–H groups in total. The third-order valence-corrected chi connectivity index (χ3v) is 6.21. The minimum absolute atomic E-state index is 0.0132. The van der Waals surface area contributed by atoms with Gasteiger partial charge in [-0.2, -0.15) is 0 Å². The van der Waals surface area contributed by atoms with Crippen LogP contribution in [-0.4, -0.2) is 54.9 Å². The number of nitrogens with zero attached hydrogens (tertiary/aromatic N) is 1. The molecule has 10 heteroatoms. The summed E-state index contributed by atoms with van der Waals surface area (Å²) in [6, 6.07) is 8.13. The zero-order valence-electron chi connectivity index (χ0n) is 19.6. The zero-order chi connectivity index (χ0) is 25.5. The second-order valence-corrected chi connectivity index (χ2v) is 9.53. The van der Waals surface area contributed by atoms with Crippen LogP contribution in [0.15, 0.2) is 36.4 Å². The predicted molar refractivity (Wildman–Crippen MR) is 133 cm³/mol. The number of halogens is 3. The van der Waals surface area contributed by atoms with E-state index >= 15 is 0 Å². The van der Waals surface area contributed by atoms with E-state index in [-0.39, 0.29) is 54.1 Å². The molecule has 35 heavy (non-hydrogen) atoms. The highest BCUT2D eigenvalue weighted by atomic mass is 35.5. The van der Waals surface area contributed by atoms with Crippen LogP contribution < -0.4 is 15.4 Å². The number of hydrogen-bond donors (Lipinski definition) is 2. The SMILES string of the molecule is CC(C)[C@@H]1COc2ccc(Cl)cc2C(=O)NCCCCN(C(=O)c2ccc(F)c(Cl)c2)CC(=O)N1. The van der Waals surface area contributed by atoms with Gasteiger partial charge >= 0.3 is 0 Å². The molecule has 0 bridgehead atoms. The predicted octanol–water partition coefficient (Wildman–Crippen LogP) is 4.32. The summed E-state index contributed by atoms with van der Waals surface area (Å²) < 4.78 is 19.5. The fourth-order valence-corrected chi connectivity index (χ4v) is 3.95. The maximum absolute atomic E-state index is 13.6. The summed E-state index contributed by atoms with van der Waals surface area (Å²) in [6.07, 6.45) is 1.09. The van der Waals surface area contributed by atoms with Crippen molar-refractivity contribution in [1.29, 1.82) is 0 Å². The Labute approximate surface area is 213 Å². The molecule has 1 aliphatic rings. The molecule has 188 valence electrons. The molecule has 0 saturated heterocycles. The van der Waals surface area contributed by atoms with E-state index in [1.165, 1.54) is 17.0 Å². The van der Waals surface area contributed by atoms with Crippen molar-refractivity contribution >= 4 is 40.9 Å². The van der Waals surface area contributed by atoms with Crippen molar-refractivity contribution in [2.75, 3.05) is 26.2 Å². The van der Waals surface area contributed by atoms with Crippen molar-refractivity contribution in [3.05, 3.63) is 63.4 Å². The highest BCUT2D eigenvalue weighted by molar-refractivity contribution is 6.31. The van der Waals surface area contributed by atoms with E-state index < -0.39 is 11.7 Å². The van der Waals surface area contributed by atoms with Crippen LogP contribution in [-0.2, 0) is 4.79 Å². The third kappa shape index (κ3) is 7.32. The lowest BCUT2D eigenvalue weighted by atomic mass is 10.1. The Hall–Kier alpha value is -2.84. The van der Waals surface area contributed by atoms with Gasteiger partial charge in [-0.25, -0.2) is 4.39 Å². The molecule has 0 aromatic heterocycles. The molecular weight excluding hydrogens is 496 g/mol.